The van der Waals surface area contributed by atoms with Gasteiger partial charge in [0.15, 0.2) is 0 Å². The van der Waals surface area contributed by atoms with Gasteiger partial charge in [-0.1, -0.05) is 0 Å². The average molecular weight is 182 g/mol. The van der Waals surface area contributed by atoms with Crippen LogP contribution >= 0.6 is 0 Å². The van der Waals surface area contributed by atoms with Crippen molar-refractivity contribution in [3.05, 3.63) is 29.3 Å². The fraction of sp³-hybridized carbons (Fsp3) is 0.333. The highest BCUT2D eigenvalue weighted by atomic mass is 19.1. The van der Waals surface area contributed by atoms with Crippen molar-refractivity contribution < 1.29 is 9.18 Å². The molecular formula is C9H11FN2O. The molecule has 1 amide bonds. The highest BCUT2D eigenvalue weighted by Crippen LogP contribution is 2.08. The van der Waals surface area contributed by atoms with E-state index in [4.69, 9.17) is 0 Å². The number of carbonyl (C=O) groups excluding carboxylic acids is 1. The predicted molar refractivity (Wildman–Crippen MR) is 46.9 cm³/mol. The number of hydrogen-bond donors (Lipinski definition) is 0. The van der Waals surface area contributed by atoms with Crippen LogP contribution in [0.15, 0.2) is 12.3 Å². The van der Waals surface area contributed by atoms with Crippen LogP contribution in [0.2, 0.25) is 0 Å². The van der Waals surface area contributed by atoms with Crippen molar-refractivity contribution in [3.8, 4) is 0 Å². The third kappa shape index (κ3) is 2.02. The monoisotopic (exact) mass is 182 g/mol. The van der Waals surface area contributed by atoms with E-state index >= 15 is 0 Å². The van der Waals surface area contributed by atoms with Crippen LogP contribution in [-0.4, -0.2) is 29.9 Å². The number of carbonyl (C=O) groups is 1. The predicted octanol–water partition coefficient (Wildman–Crippen LogP) is 1.23. The SMILES string of the molecule is Cc1cc(F)ncc1C(=O)N(C)C. The Morgan fingerprint density at radius 1 is 1.54 bits per heavy atom. The first-order valence-electron chi connectivity index (χ1n) is 3.86. The smallest absolute Gasteiger partial charge is 0.255 e. The molecule has 0 aliphatic rings. The summed E-state index contributed by atoms with van der Waals surface area (Å²) in [6, 6.07) is 1.25. The molecule has 1 aromatic rings. The highest BCUT2D eigenvalue weighted by molar-refractivity contribution is 5.94. The molecule has 3 nitrogen and oxygen atoms in total. The molecule has 0 bridgehead atoms. The summed E-state index contributed by atoms with van der Waals surface area (Å²) in [6.45, 7) is 1.68. The van der Waals surface area contributed by atoms with Crippen molar-refractivity contribution >= 4 is 5.91 Å². The molecule has 0 fully saturated rings. The van der Waals surface area contributed by atoms with E-state index in [1.165, 1.54) is 17.2 Å². The van der Waals surface area contributed by atoms with Gasteiger partial charge in [-0.2, -0.15) is 4.39 Å². The summed E-state index contributed by atoms with van der Waals surface area (Å²) < 4.78 is 12.6. The molecule has 1 rings (SSSR count). The van der Waals surface area contributed by atoms with Gasteiger partial charge in [0.05, 0.1) is 5.56 Å². The standard InChI is InChI=1S/C9H11FN2O/c1-6-4-8(10)11-5-7(6)9(13)12(2)3/h4-5H,1-3H3. The van der Waals surface area contributed by atoms with Gasteiger partial charge in [0, 0.05) is 20.3 Å². The Morgan fingerprint density at radius 3 is 2.62 bits per heavy atom. The van der Waals surface area contributed by atoms with Crippen LogP contribution in [-0.2, 0) is 0 Å². The van der Waals surface area contributed by atoms with E-state index in [1.54, 1.807) is 21.0 Å². The van der Waals surface area contributed by atoms with Crippen molar-refractivity contribution in [2.24, 2.45) is 0 Å². The lowest BCUT2D eigenvalue weighted by Gasteiger charge is -2.11. The van der Waals surface area contributed by atoms with Crippen LogP contribution in [0.5, 0.6) is 0 Å². The maximum absolute atomic E-state index is 12.6. The molecule has 0 aromatic carbocycles. The lowest BCUT2D eigenvalue weighted by atomic mass is 10.1. The van der Waals surface area contributed by atoms with Crippen LogP contribution in [0, 0.1) is 12.9 Å². The molecule has 1 aromatic heterocycles. The van der Waals surface area contributed by atoms with E-state index in [0.29, 0.717) is 11.1 Å². The number of aryl methyl sites for hydroxylation is 1. The maximum Gasteiger partial charge on any atom is 0.255 e. The summed E-state index contributed by atoms with van der Waals surface area (Å²) in [5.74, 6) is -0.724. The van der Waals surface area contributed by atoms with E-state index in [1.807, 2.05) is 0 Å². The Labute approximate surface area is 76.2 Å². The molecular weight excluding hydrogens is 171 g/mol. The summed E-state index contributed by atoms with van der Waals surface area (Å²) in [5, 5.41) is 0. The van der Waals surface area contributed by atoms with E-state index < -0.39 is 5.95 Å². The Kier molecular flexibility index (Phi) is 2.60. The van der Waals surface area contributed by atoms with Crippen LogP contribution in [0.3, 0.4) is 0 Å². The van der Waals surface area contributed by atoms with Gasteiger partial charge in [-0.25, -0.2) is 4.98 Å². The minimum Gasteiger partial charge on any atom is -0.345 e. The van der Waals surface area contributed by atoms with E-state index in [0.717, 1.165) is 0 Å². The quantitative estimate of drug-likeness (QED) is 0.612. The number of rotatable bonds is 1. The second-order valence-corrected chi connectivity index (χ2v) is 3.02. The Balaban J connectivity index is 3.09. The first-order chi connectivity index (χ1) is 6.02. The van der Waals surface area contributed by atoms with Gasteiger partial charge in [-0.15, -0.1) is 0 Å². The lowest BCUT2D eigenvalue weighted by Crippen LogP contribution is -2.22. The normalized spacial score (nSPS) is 9.85. The third-order valence-corrected chi connectivity index (χ3v) is 1.71. The van der Waals surface area contributed by atoms with Crippen molar-refractivity contribution in [1.29, 1.82) is 0 Å². The van der Waals surface area contributed by atoms with Crippen molar-refractivity contribution in [2.45, 2.75) is 6.92 Å². The van der Waals surface area contributed by atoms with Crippen molar-refractivity contribution in [2.75, 3.05) is 14.1 Å². The van der Waals surface area contributed by atoms with Crippen LogP contribution in [0.1, 0.15) is 15.9 Å². The van der Waals surface area contributed by atoms with Crippen LogP contribution in [0.25, 0.3) is 0 Å². The number of hydrogen-bond acceptors (Lipinski definition) is 2. The number of amides is 1. The molecule has 0 atom stereocenters. The second kappa shape index (κ2) is 3.51. The van der Waals surface area contributed by atoms with Gasteiger partial charge in [-0.3, -0.25) is 4.79 Å². The largest absolute Gasteiger partial charge is 0.345 e. The second-order valence-electron chi connectivity index (χ2n) is 3.02. The molecule has 0 spiro atoms. The zero-order chi connectivity index (χ0) is 10.0. The minimum atomic E-state index is -0.562. The fourth-order valence-electron chi connectivity index (χ4n) is 0.987. The number of nitrogens with zero attached hydrogens (tertiary/aromatic N) is 2. The Bertz CT molecular complexity index is 336. The molecule has 0 aliphatic heterocycles. The summed E-state index contributed by atoms with van der Waals surface area (Å²) in [7, 11) is 3.29. The fourth-order valence-corrected chi connectivity index (χ4v) is 0.987. The number of aromatic nitrogens is 1. The molecule has 0 saturated carbocycles. The van der Waals surface area contributed by atoms with Gasteiger partial charge in [0.1, 0.15) is 0 Å². The molecule has 4 heteroatoms. The molecule has 0 unspecified atom stereocenters. The van der Waals surface area contributed by atoms with Crippen molar-refractivity contribution in [3.63, 3.8) is 0 Å². The first-order valence-corrected chi connectivity index (χ1v) is 3.86. The zero-order valence-electron chi connectivity index (χ0n) is 7.84. The van der Waals surface area contributed by atoms with Crippen molar-refractivity contribution in [1.82, 2.24) is 9.88 Å². The summed E-state index contributed by atoms with van der Waals surface area (Å²) in [5.41, 5.74) is 1.04. The van der Waals surface area contributed by atoms with E-state index in [-0.39, 0.29) is 5.91 Å². The Morgan fingerprint density at radius 2 is 2.15 bits per heavy atom. The maximum atomic E-state index is 12.6. The topological polar surface area (TPSA) is 33.2 Å². The summed E-state index contributed by atoms with van der Waals surface area (Å²) in [4.78, 5) is 16.3. The molecule has 0 radical (unpaired) electrons. The highest BCUT2D eigenvalue weighted by Gasteiger charge is 2.11. The van der Waals surface area contributed by atoms with E-state index in [9.17, 15) is 9.18 Å². The molecule has 1 heterocycles. The minimum absolute atomic E-state index is 0.162. The number of halogens is 1. The Hall–Kier alpha value is -1.45. The van der Waals surface area contributed by atoms with Gasteiger partial charge in [-0.05, 0) is 18.6 Å². The van der Waals surface area contributed by atoms with E-state index in [2.05, 4.69) is 4.98 Å². The van der Waals surface area contributed by atoms with Gasteiger partial charge < -0.3 is 4.90 Å². The molecule has 13 heavy (non-hydrogen) atoms. The first kappa shape index (κ1) is 9.64. The third-order valence-electron chi connectivity index (χ3n) is 1.71. The molecule has 70 valence electrons. The van der Waals surface area contributed by atoms with Gasteiger partial charge in [0.2, 0.25) is 5.95 Å². The number of pyridine rings is 1. The average Bonchev–Trinajstić information content (AvgIpc) is 2.03. The molecule has 0 N–H and O–H groups in total. The lowest BCUT2D eigenvalue weighted by molar-refractivity contribution is 0.0826. The summed E-state index contributed by atoms with van der Waals surface area (Å²) >= 11 is 0. The van der Waals surface area contributed by atoms with Crippen LogP contribution < -0.4 is 0 Å². The zero-order valence-corrected chi connectivity index (χ0v) is 7.84. The molecule has 0 aliphatic carbocycles. The molecule has 0 saturated heterocycles. The van der Waals surface area contributed by atoms with Gasteiger partial charge in [0.25, 0.3) is 5.91 Å². The van der Waals surface area contributed by atoms with Crippen LogP contribution in [0.4, 0.5) is 4.39 Å². The summed E-state index contributed by atoms with van der Waals surface area (Å²) in [6.07, 6.45) is 1.26. The van der Waals surface area contributed by atoms with Gasteiger partial charge >= 0.3 is 0 Å².